The maximum absolute atomic E-state index is 11.6. The Hall–Kier alpha value is -2.27. The van der Waals surface area contributed by atoms with Crippen LogP contribution in [0.5, 0.6) is 0 Å². The molecule has 0 bridgehead atoms. The number of ether oxygens (including phenoxy) is 1. The fraction of sp³-hybridized carbons (Fsp3) is 0.750. The Kier molecular flexibility index (Phi) is 3.30. The van der Waals surface area contributed by atoms with Crippen molar-refractivity contribution in [1.29, 1.82) is 0 Å². The average molecular weight is 328 g/mol. The molecule has 1 fully saturated rings. The summed E-state index contributed by atoms with van der Waals surface area (Å²) in [4.78, 5) is 17.2. The van der Waals surface area contributed by atoms with Crippen molar-refractivity contribution < 1.29 is 24.3 Å². The highest BCUT2D eigenvalue weighted by atomic mass is 16.6. The van der Waals surface area contributed by atoms with Crippen molar-refractivity contribution in [1.82, 2.24) is 15.5 Å². The van der Waals surface area contributed by atoms with Crippen LogP contribution in [0.1, 0.15) is 6.42 Å². The maximum atomic E-state index is 11.6. The summed E-state index contributed by atoms with van der Waals surface area (Å²) in [5.41, 5.74) is 10.4. The number of nitrogens with zero attached hydrogens (tertiary/aromatic N) is 3. The number of nitrogens with one attached hydrogen (secondary N) is 2. The number of carbonyl (C=O) groups is 1. The Morgan fingerprint density at radius 3 is 2.87 bits per heavy atom. The molecule has 0 aromatic carbocycles. The number of hydrogen-bond acceptors (Lipinski definition) is 9. The second kappa shape index (κ2) is 4.86. The molecule has 3 rings (SSSR count). The molecule has 23 heavy (non-hydrogen) atoms. The molecule has 128 valence electrons. The van der Waals surface area contributed by atoms with Gasteiger partial charge in [-0.2, -0.15) is 0 Å². The molecule has 3 heterocycles. The van der Waals surface area contributed by atoms with E-state index in [2.05, 4.69) is 15.6 Å². The van der Waals surface area contributed by atoms with E-state index < -0.39 is 29.6 Å². The lowest BCUT2D eigenvalue weighted by molar-refractivity contribution is -0.623. The van der Waals surface area contributed by atoms with Gasteiger partial charge < -0.3 is 30.9 Å². The lowest BCUT2D eigenvalue weighted by atomic mass is 9.87. The molecule has 8 N–H and O–H groups in total. The molecule has 1 spiro atoms. The van der Waals surface area contributed by atoms with Gasteiger partial charge >= 0.3 is 12.1 Å². The molecule has 3 atom stereocenters. The fourth-order valence-electron chi connectivity index (χ4n) is 3.42. The van der Waals surface area contributed by atoms with Gasteiger partial charge in [-0.1, -0.05) is 0 Å². The smallest absolute Gasteiger partial charge is 0.409 e. The first-order valence-corrected chi connectivity index (χ1v) is 7.26. The monoisotopic (exact) mass is 328 g/mol. The summed E-state index contributed by atoms with van der Waals surface area (Å²) in [6.45, 7) is 0.273. The van der Waals surface area contributed by atoms with Gasteiger partial charge in [-0.15, -0.1) is 0 Å². The second-order valence-corrected chi connectivity index (χ2v) is 6.18. The third-order valence-electron chi connectivity index (χ3n) is 4.50. The molecule has 0 aliphatic carbocycles. The van der Waals surface area contributed by atoms with Crippen LogP contribution in [0.4, 0.5) is 4.79 Å². The summed E-state index contributed by atoms with van der Waals surface area (Å²) in [6.07, 6.45) is -0.443. The van der Waals surface area contributed by atoms with Crippen LogP contribution in [0.15, 0.2) is 4.99 Å². The van der Waals surface area contributed by atoms with Gasteiger partial charge in [0.15, 0.2) is 12.0 Å². The predicted molar refractivity (Wildman–Crippen MR) is 79.3 cm³/mol. The standard InChI is InChI=1S/C12H21N7O4/c1-18(2)10(20)23-5-6-7-12(17-8(13)16-7)11(21,22)3-4-19(12)9(14)15-6/h6-7,21-22H,3-5H2,1-2H3,(H5,13,14,15,16,17)/p+1. The van der Waals surface area contributed by atoms with Crippen LogP contribution >= 0.6 is 0 Å². The zero-order chi connectivity index (χ0) is 17.0. The number of rotatable bonds is 2. The summed E-state index contributed by atoms with van der Waals surface area (Å²) >= 11 is 0. The topological polar surface area (TPSA) is 161 Å². The Balaban J connectivity index is 1.92. The fourth-order valence-corrected chi connectivity index (χ4v) is 3.42. The van der Waals surface area contributed by atoms with Crippen molar-refractivity contribution >= 4 is 18.0 Å². The summed E-state index contributed by atoms with van der Waals surface area (Å²) < 4.78 is 6.79. The highest BCUT2D eigenvalue weighted by molar-refractivity contribution is 5.83. The van der Waals surface area contributed by atoms with Crippen LogP contribution in [-0.2, 0) is 4.74 Å². The molecule has 0 aromatic heterocycles. The van der Waals surface area contributed by atoms with Gasteiger partial charge in [0.2, 0.25) is 11.4 Å². The number of aliphatic hydroxyl groups is 2. The third-order valence-corrected chi connectivity index (χ3v) is 4.50. The number of aliphatic imine (C=N–C) groups is 1. The molecule has 1 saturated heterocycles. The lowest BCUT2D eigenvalue weighted by Crippen LogP contribution is -2.77. The Morgan fingerprint density at radius 2 is 2.22 bits per heavy atom. The second-order valence-electron chi connectivity index (χ2n) is 6.18. The number of nitrogens with two attached hydrogens (primary N) is 2. The van der Waals surface area contributed by atoms with Crippen LogP contribution in [0.25, 0.3) is 0 Å². The van der Waals surface area contributed by atoms with Crippen LogP contribution in [0, 0.1) is 0 Å². The highest BCUT2D eigenvalue weighted by Gasteiger charge is 2.71. The van der Waals surface area contributed by atoms with Crippen molar-refractivity contribution in [3.63, 3.8) is 0 Å². The van der Waals surface area contributed by atoms with Gasteiger partial charge in [-0.25, -0.2) is 14.4 Å². The van der Waals surface area contributed by atoms with Crippen molar-refractivity contribution in [2.75, 3.05) is 27.2 Å². The van der Waals surface area contributed by atoms with E-state index in [1.807, 2.05) is 0 Å². The summed E-state index contributed by atoms with van der Waals surface area (Å²) in [5, 5.41) is 26.8. The number of amides is 1. The quantitative estimate of drug-likeness (QED) is 0.221. The zero-order valence-corrected chi connectivity index (χ0v) is 13.0. The van der Waals surface area contributed by atoms with E-state index in [0.717, 1.165) is 0 Å². The Morgan fingerprint density at radius 1 is 1.52 bits per heavy atom. The minimum Gasteiger partial charge on any atom is -0.446 e. The molecule has 0 aromatic rings. The first-order valence-electron chi connectivity index (χ1n) is 7.26. The highest BCUT2D eigenvalue weighted by Crippen LogP contribution is 2.40. The van der Waals surface area contributed by atoms with E-state index >= 15 is 0 Å². The molecular weight excluding hydrogens is 306 g/mol. The van der Waals surface area contributed by atoms with Crippen molar-refractivity contribution in [2.24, 2.45) is 16.5 Å². The normalized spacial score (nSPS) is 34.0. The van der Waals surface area contributed by atoms with Gasteiger partial charge in [0.05, 0.1) is 6.54 Å². The number of carbonyl (C=O) groups excluding carboxylic acids is 1. The molecule has 3 aliphatic rings. The van der Waals surface area contributed by atoms with Crippen LogP contribution in [0.3, 0.4) is 0 Å². The molecule has 0 radical (unpaired) electrons. The van der Waals surface area contributed by atoms with Gasteiger partial charge in [-0.05, 0) is 0 Å². The van der Waals surface area contributed by atoms with Gasteiger partial charge in [0.1, 0.15) is 12.6 Å². The van der Waals surface area contributed by atoms with E-state index in [1.54, 1.807) is 18.7 Å². The predicted octanol–water partition coefficient (Wildman–Crippen LogP) is -3.95. The first-order chi connectivity index (χ1) is 10.7. The Labute approximate surface area is 132 Å². The largest absolute Gasteiger partial charge is 0.446 e. The number of hydrogen-bond donors (Lipinski definition) is 6. The van der Waals surface area contributed by atoms with Crippen molar-refractivity contribution in [3.8, 4) is 0 Å². The van der Waals surface area contributed by atoms with Crippen LogP contribution in [0.2, 0.25) is 0 Å². The van der Waals surface area contributed by atoms with Crippen LogP contribution in [-0.4, -0.2) is 88.5 Å². The van der Waals surface area contributed by atoms with Gasteiger partial charge in [0.25, 0.3) is 0 Å². The first kappa shape index (κ1) is 15.6. The summed E-state index contributed by atoms with van der Waals surface area (Å²) in [6, 6.07) is -1.25. The zero-order valence-electron chi connectivity index (χ0n) is 13.0. The minimum absolute atomic E-state index is 0.0491. The van der Waals surface area contributed by atoms with Crippen LogP contribution < -0.4 is 22.1 Å². The van der Waals surface area contributed by atoms with Gasteiger partial charge in [0, 0.05) is 20.5 Å². The molecule has 3 unspecified atom stereocenters. The lowest BCUT2D eigenvalue weighted by Gasteiger charge is -2.42. The summed E-state index contributed by atoms with van der Waals surface area (Å²) in [5.74, 6) is -1.76. The Bertz CT molecular complexity index is 602. The van der Waals surface area contributed by atoms with E-state index in [0.29, 0.717) is 6.54 Å². The van der Waals surface area contributed by atoms with Crippen molar-refractivity contribution in [2.45, 2.75) is 30.0 Å². The van der Waals surface area contributed by atoms with Gasteiger partial charge in [-0.3, -0.25) is 11.1 Å². The molecule has 1 amide bonds. The van der Waals surface area contributed by atoms with E-state index in [9.17, 15) is 15.0 Å². The van der Waals surface area contributed by atoms with Crippen molar-refractivity contribution in [3.05, 3.63) is 0 Å². The molecule has 0 saturated carbocycles. The third kappa shape index (κ3) is 2.07. The molecular formula is C12H22N7O4+. The average Bonchev–Trinajstić information content (AvgIpc) is 2.94. The molecule has 11 nitrogen and oxygen atoms in total. The molecule has 11 heteroatoms. The van der Waals surface area contributed by atoms with E-state index in [-0.39, 0.29) is 24.9 Å². The SMILES string of the molecule is CN(C)C(=O)OCC1NC(N)=[N+]2CCC(O)(O)C23NC(N)=NC13. The number of guanidine groups is 2. The summed E-state index contributed by atoms with van der Waals surface area (Å²) in [7, 11) is 3.13. The van der Waals surface area contributed by atoms with E-state index in [1.165, 1.54) is 4.90 Å². The minimum atomic E-state index is -2.08. The molecule has 3 aliphatic heterocycles. The van der Waals surface area contributed by atoms with E-state index in [4.69, 9.17) is 16.2 Å². The maximum Gasteiger partial charge on any atom is 0.409 e.